The first-order valence-corrected chi connectivity index (χ1v) is 12.6. The Morgan fingerprint density at radius 1 is 1.03 bits per heavy atom. The first-order valence-electron chi connectivity index (χ1n) is 12.6. The van der Waals surface area contributed by atoms with E-state index in [1.807, 2.05) is 36.1 Å². The fourth-order valence-corrected chi connectivity index (χ4v) is 4.45. The molecule has 0 aliphatic carbocycles. The maximum Gasteiger partial charge on any atom is 0.257 e. The van der Waals surface area contributed by atoms with Crippen molar-refractivity contribution in [2.75, 3.05) is 39.0 Å². The van der Waals surface area contributed by atoms with Crippen LogP contribution in [0.4, 0.5) is 5.82 Å². The molecule has 3 aromatic heterocycles. The second-order valence-corrected chi connectivity index (χ2v) is 9.63. The van der Waals surface area contributed by atoms with Crippen molar-refractivity contribution in [3.05, 3.63) is 77.4 Å². The van der Waals surface area contributed by atoms with Crippen LogP contribution in [-0.4, -0.2) is 69.7 Å². The van der Waals surface area contributed by atoms with Gasteiger partial charge >= 0.3 is 0 Å². The molecule has 1 aliphatic heterocycles. The van der Waals surface area contributed by atoms with Crippen LogP contribution in [0.25, 0.3) is 28.4 Å². The number of benzene rings is 1. The topological polar surface area (TPSA) is 118 Å². The lowest BCUT2D eigenvalue weighted by molar-refractivity contribution is -0.114. The van der Waals surface area contributed by atoms with Crippen LogP contribution in [0, 0.1) is 6.92 Å². The number of pyridine rings is 1. The van der Waals surface area contributed by atoms with E-state index in [-0.39, 0.29) is 11.7 Å². The minimum absolute atomic E-state index is 0.000646. The van der Waals surface area contributed by atoms with Gasteiger partial charge in [0.15, 0.2) is 11.6 Å². The zero-order valence-corrected chi connectivity index (χ0v) is 21.6. The van der Waals surface area contributed by atoms with Crippen molar-refractivity contribution in [2.45, 2.75) is 19.8 Å². The number of carbonyl (C=O) groups excluding carboxylic acids is 2. The highest BCUT2D eigenvalue weighted by Crippen LogP contribution is 2.29. The molecule has 194 valence electrons. The van der Waals surface area contributed by atoms with E-state index < -0.39 is 0 Å². The average molecular weight is 511 g/mol. The number of fused-ring (bicyclic) bond motifs is 1. The summed E-state index contributed by atoms with van der Waals surface area (Å²) in [5, 5.41) is 0.923. The molecule has 2 N–H and O–H groups in total. The van der Waals surface area contributed by atoms with Crippen LogP contribution in [0.2, 0.25) is 0 Å². The van der Waals surface area contributed by atoms with Crippen LogP contribution in [0.1, 0.15) is 33.7 Å². The SMILES string of the molecule is Cc1cc(-c2ncc(C(=O)N3CCN(C)CC3)cn2)cc2cc(CCC(=O)/C=C/c3ccc(N)nc3)oc12. The highest BCUT2D eigenvalue weighted by Gasteiger charge is 2.21. The Hall–Kier alpha value is -4.37. The summed E-state index contributed by atoms with van der Waals surface area (Å²) in [6.45, 7) is 5.11. The predicted octanol–water partition coefficient (Wildman–Crippen LogP) is 3.78. The Labute approximate surface area is 221 Å². The molecular formula is C29H30N6O3. The van der Waals surface area contributed by atoms with Gasteiger partial charge in [-0.3, -0.25) is 9.59 Å². The molecule has 1 saturated heterocycles. The average Bonchev–Trinajstić information content (AvgIpc) is 3.35. The number of furan rings is 1. The van der Waals surface area contributed by atoms with Crippen molar-refractivity contribution in [2.24, 2.45) is 0 Å². The Morgan fingerprint density at radius 3 is 2.50 bits per heavy atom. The quantitative estimate of drug-likeness (QED) is 0.373. The second kappa shape index (κ2) is 10.9. The van der Waals surface area contributed by atoms with Crippen LogP contribution < -0.4 is 5.73 Å². The summed E-state index contributed by atoms with van der Waals surface area (Å²) in [7, 11) is 2.06. The predicted molar refractivity (Wildman–Crippen MR) is 146 cm³/mol. The molecule has 0 radical (unpaired) electrons. The number of piperazine rings is 1. The first kappa shape index (κ1) is 25.3. The molecule has 1 aromatic carbocycles. The second-order valence-electron chi connectivity index (χ2n) is 9.63. The molecule has 0 spiro atoms. The summed E-state index contributed by atoms with van der Waals surface area (Å²) in [5.74, 6) is 1.69. The van der Waals surface area contributed by atoms with E-state index in [9.17, 15) is 9.59 Å². The van der Waals surface area contributed by atoms with Gasteiger partial charge < -0.3 is 20.0 Å². The molecule has 1 aliphatic rings. The van der Waals surface area contributed by atoms with Crippen molar-refractivity contribution in [1.29, 1.82) is 0 Å². The van der Waals surface area contributed by atoms with Crippen LogP contribution in [0.15, 0.2) is 59.4 Å². The molecule has 0 saturated carbocycles. The zero-order chi connectivity index (χ0) is 26.6. The largest absolute Gasteiger partial charge is 0.461 e. The van der Waals surface area contributed by atoms with E-state index in [0.717, 1.165) is 46.5 Å². The lowest BCUT2D eigenvalue weighted by Gasteiger charge is -2.32. The summed E-state index contributed by atoms with van der Waals surface area (Å²) in [6.07, 6.45) is 8.93. The number of nitrogens with two attached hydrogens (primary N) is 1. The van der Waals surface area contributed by atoms with E-state index in [0.29, 0.717) is 43.1 Å². The Morgan fingerprint density at radius 2 is 1.79 bits per heavy atom. The highest BCUT2D eigenvalue weighted by molar-refractivity contribution is 5.94. The van der Waals surface area contributed by atoms with Gasteiger partial charge in [-0.05, 0) is 67.6 Å². The summed E-state index contributed by atoms with van der Waals surface area (Å²) in [5.41, 5.74) is 9.48. The minimum atomic E-state index is -0.0368. The third-order valence-corrected chi connectivity index (χ3v) is 6.69. The van der Waals surface area contributed by atoms with Crippen molar-refractivity contribution >= 4 is 34.6 Å². The van der Waals surface area contributed by atoms with Crippen molar-refractivity contribution in [1.82, 2.24) is 24.8 Å². The monoisotopic (exact) mass is 510 g/mol. The Kier molecular flexibility index (Phi) is 7.28. The molecule has 4 heterocycles. The fraction of sp³-hybridized carbons (Fsp3) is 0.276. The van der Waals surface area contributed by atoms with Crippen molar-refractivity contribution in [3.63, 3.8) is 0 Å². The zero-order valence-electron chi connectivity index (χ0n) is 21.6. The van der Waals surface area contributed by atoms with Gasteiger partial charge in [0.25, 0.3) is 5.91 Å². The standard InChI is InChI=1S/C29H30N6O3/c1-19-13-22(28-32-17-23(18-33-28)29(37)35-11-9-34(2)10-12-35)14-21-15-25(38-27(19)21)7-6-24(36)5-3-20-4-8-26(30)31-16-20/h3-5,8,13-18H,6-7,9-12H2,1-2H3,(H2,30,31)/b5-3+. The summed E-state index contributed by atoms with van der Waals surface area (Å²) in [4.78, 5) is 42.2. The fourth-order valence-electron chi connectivity index (χ4n) is 4.45. The van der Waals surface area contributed by atoms with Crippen LogP contribution in [0.5, 0.6) is 0 Å². The number of aromatic nitrogens is 3. The number of nitrogen functional groups attached to an aromatic ring is 1. The molecule has 0 unspecified atom stereocenters. The van der Waals surface area contributed by atoms with Gasteiger partial charge in [0.05, 0.1) is 5.56 Å². The lowest BCUT2D eigenvalue weighted by atomic mass is 10.1. The first-order chi connectivity index (χ1) is 18.4. The highest BCUT2D eigenvalue weighted by atomic mass is 16.3. The van der Waals surface area contributed by atoms with Gasteiger partial charge in [0.2, 0.25) is 0 Å². The molecule has 1 fully saturated rings. The normalized spacial score (nSPS) is 14.4. The molecular weight excluding hydrogens is 480 g/mol. The number of nitrogens with zero attached hydrogens (tertiary/aromatic N) is 5. The van der Waals surface area contributed by atoms with Gasteiger partial charge in [0.1, 0.15) is 17.2 Å². The number of allylic oxidation sites excluding steroid dienone is 1. The number of hydrogen-bond acceptors (Lipinski definition) is 8. The van der Waals surface area contributed by atoms with E-state index in [1.54, 1.807) is 36.8 Å². The van der Waals surface area contributed by atoms with E-state index in [2.05, 4.69) is 26.9 Å². The molecule has 5 rings (SSSR count). The molecule has 38 heavy (non-hydrogen) atoms. The number of amides is 1. The molecule has 4 aromatic rings. The van der Waals surface area contributed by atoms with Crippen LogP contribution in [-0.2, 0) is 11.2 Å². The van der Waals surface area contributed by atoms with Crippen molar-refractivity contribution in [3.8, 4) is 11.4 Å². The number of aryl methyl sites for hydroxylation is 2. The minimum Gasteiger partial charge on any atom is -0.461 e. The van der Waals surface area contributed by atoms with Crippen LogP contribution in [0.3, 0.4) is 0 Å². The maximum absolute atomic E-state index is 12.8. The summed E-state index contributed by atoms with van der Waals surface area (Å²) < 4.78 is 6.05. The maximum atomic E-state index is 12.8. The third kappa shape index (κ3) is 5.78. The number of carbonyl (C=O) groups is 2. The molecule has 1 amide bonds. The van der Waals surface area contributed by atoms with Gasteiger partial charge in [-0.2, -0.15) is 0 Å². The number of likely N-dealkylation sites (N-methyl/N-ethyl adjacent to an activating group) is 1. The van der Waals surface area contributed by atoms with E-state index >= 15 is 0 Å². The van der Waals surface area contributed by atoms with Gasteiger partial charge in [-0.1, -0.05) is 0 Å². The van der Waals surface area contributed by atoms with Crippen LogP contribution >= 0.6 is 0 Å². The molecule has 0 atom stereocenters. The number of rotatable bonds is 7. The van der Waals surface area contributed by atoms with Gasteiger partial charge in [-0.25, -0.2) is 15.0 Å². The number of ketones is 1. The van der Waals surface area contributed by atoms with Gasteiger partial charge in [-0.15, -0.1) is 0 Å². The number of hydrogen-bond donors (Lipinski definition) is 1. The van der Waals surface area contributed by atoms with Crippen molar-refractivity contribution < 1.29 is 14.0 Å². The van der Waals surface area contributed by atoms with E-state index in [4.69, 9.17) is 10.2 Å². The molecule has 9 heteroatoms. The molecule has 9 nitrogen and oxygen atoms in total. The molecule has 0 bridgehead atoms. The lowest BCUT2D eigenvalue weighted by Crippen LogP contribution is -2.47. The summed E-state index contributed by atoms with van der Waals surface area (Å²) >= 11 is 0. The Balaban J connectivity index is 1.25. The Bertz CT molecular complexity index is 1480. The third-order valence-electron chi connectivity index (χ3n) is 6.69. The van der Waals surface area contributed by atoms with Gasteiger partial charge in [0, 0.05) is 68.6 Å². The summed E-state index contributed by atoms with van der Waals surface area (Å²) in [6, 6.07) is 9.42. The van der Waals surface area contributed by atoms with E-state index in [1.165, 1.54) is 0 Å². The number of anilines is 1. The smallest absolute Gasteiger partial charge is 0.257 e.